The number of benzene rings is 3. The minimum absolute atomic E-state index is 0.0349. The third-order valence-corrected chi connectivity index (χ3v) is 7.91. The molecule has 1 atom stereocenters. The van der Waals surface area contributed by atoms with Crippen molar-refractivity contribution in [3.8, 4) is 17.2 Å². The van der Waals surface area contributed by atoms with E-state index in [9.17, 15) is 13.2 Å². The average molecular weight is 491 g/mol. The minimum Gasteiger partial charge on any atom is -0.493 e. The molecule has 0 amide bonds. The lowest BCUT2D eigenvalue weighted by atomic mass is 9.88. The molecule has 0 saturated heterocycles. The second kappa shape index (κ2) is 8.52. The topological polar surface area (TPSA) is 121 Å². The molecule has 4 aromatic rings. The number of aromatic nitrogens is 1. The van der Waals surface area contributed by atoms with Gasteiger partial charge >= 0.3 is 0 Å². The zero-order valence-corrected chi connectivity index (χ0v) is 19.8. The van der Waals surface area contributed by atoms with Gasteiger partial charge in [-0.1, -0.05) is 36.4 Å². The molecule has 1 aliphatic heterocycles. The van der Waals surface area contributed by atoms with Gasteiger partial charge in [-0.25, -0.2) is 8.42 Å². The standard InChI is InChI=1S/C26H22N2O6S/c1-32-19-13-12-15(14-20(19)33-2)21-22-23(17-10-6-7-11-18(17)28-26(22)29)34-25(27)24(21)35(30,31)16-8-4-3-5-9-16/h3-14,21H,27H2,1-2H3,(H,28,29)/t21-/m1/s1. The lowest BCUT2D eigenvalue weighted by molar-refractivity contribution is 0.354. The first-order chi connectivity index (χ1) is 16.9. The van der Waals surface area contributed by atoms with E-state index in [1.807, 2.05) is 0 Å². The number of hydrogen-bond donors (Lipinski definition) is 2. The molecule has 3 aromatic carbocycles. The number of nitrogens with two attached hydrogens (primary N) is 1. The fraction of sp³-hybridized carbons (Fsp3) is 0.115. The van der Waals surface area contributed by atoms with Crippen LogP contribution in [0.5, 0.6) is 17.2 Å². The van der Waals surface area contributed by atoms with Crippen molar-refractivity contribution in [3.05, 3.63) is 105 Å². The highest BCUT2D eigenvalue weighted by molar-refractivity contribution is 7.95. The second-order valence-corrected chi connectivity index (χ2v) is 9.86. The zero-order chi connectivity index (χ0) is 24.7. The molecule has 0 aliphatic carbocycles. The molecule has 0 radical (unpaired) electrons. The van der Waals surface area contributed by atoms with Gasteiger partial charge in [0.15, 0.2) is 11.5 Å². The quantitative estimate of drug-likeness (QED) is 0.438. The Hall–Kier alpha value is -4.24. The molecule has 178 valence electrons. The Bertz CT molecular complexity index is 1640. The summed E-state index contributed by atoms with van der Waals surface area (Å²) in [6.45, 7) is 0. The molecular formula is C26H22N2O6S. The highest BCUT2D eigenvalue weighted by Gasteiger charge is 2.41. The van der Waals surface area contributed by atoms with E-state index in [4.69, 9.17) is 19.9 Å². The van der Waals surface area contributed by atoms with Crippen molar-refractivity contribution < 1.29 is 22.6 Å². The van der Waals surface area contributed by atoms with Crippen LogP contribution in [-0.4, -0.2) is 27.6 Å². The van der Waals surface area contributed by atoms with E-state index in [0.717, 1.165) is 0 Å². The highest BCUT2D eigenvalue weighted by atomic mass is 32.2. The van der Waals surface area contributed by atoms with Crippen molar-refractivity contribution in [3.63, 3.8) is 0 Å². The molecule has 5 rings (SSSR count). The first-order valence-electron chi connectivity index (χ1n) is 10.7. The van der Waals surface area contributed by atoms with Crippen LogP contribution in [-0.2, 0) is 9.84 Å². The van der Waals surface area contributed by atoms with E-state index in [0.29, 0.717) is 28.0 Å². The van der Waals surface area contributed by atoms with Gasteiger partial charge in [-0.15, -0.1) is 0 Å². The number of sulfone groups is 1. The van der Waals surface area contributed by atoms with Gasteiger partial charge in [0.05, 0.1) is 36.1 Å². The summed E-state index contributed by atoms with van der Waals surface area (Å²) in [5, 5.41) is 0.603. The van der Waals surface area contributed by atoms with Gasteiger partial charge in [0.25, 0.3) is 5.56 Å². The molecule has 0 fully saturated rings. The first kappa shape index (κ1) is 22.5. The summed E-state index contributed by atoms with van der Waals surface area (Å²) in [6.07, 6.45) is 0. The lowest BCUT2D eigenvalue weighted by Crippen LogP contribution is -2.31. The highest BCUT2D eigenvalue weighted by Crippen LogP contribution is 2.47. The second-order valence-electron chi connectivity index (χ2n) is 7.94. The number of H-pyrrole nitrogens is 1. The summed E-state index contributed by atoms with van der Waals surface area (Å²) in [7, 11) is -1.17. The lowest BCUT2D eigenvalue weighted by Gasteiger charge is -2.29. The molecule has 3 N–H and O–H groups in total. The van der Waals surface area contributed by atoms with Crippen molar-refractivity contribution in [2.45, 2.75) is 10.8 Å². The molecule has 1 aromatic heterocycles. The summed E-state index contributed by atoms with van der Waals surface area (Å²) >= 11 is 0. The van der Waals surface area contributed by atoms with Crippen LogP contribution in [0.25, 0.3) is 10.9 Å². The van der Waals surface area contributed by atoms with Crippen LogP contribution in [0.3, 0.4) is 0 Å². The third-order valence-electron chi connectivity index (χ3n) is 6.00. The molecule has 0 unspecified atom stereocenters. The fourth-order valence-corrected chi connectivity index (χ4v) is 6.04. The van der Waals surface area contributed by atoms with Gasteiger partial charge in [-0.3, -0.25) is 4.79 Å². The monoisotopic (exact) mass is 490 g/mol. The summed E-state index contributed by atoms with van der Waals surface area (Å²) in [6, 6.07) is 20.0. The van der Waals surface area contributed by atoms with Crippen molar-refractivity contribution in [2.24, 2.45) is 5.73 Å². The Morgan fingerprint density at radius 3 is 2.31 bits per heavy atom. The maximum atomic E-state index is 13.9. The number of allylic oxidation sites excluding steroid dienone is 1. The predicted molar refractivity (Wildman–Crippen MR) is 131 cm³/mol. The van der Waals surface area contributed by atoms with E-state index in [2.05, 4.69) is 4.98 Å². The summed E-state index contributed by atoms with van der Waals surface area (Å²) in [4.78, 5) is 16.1. The zero-order valence-electron chi connectivity index (χ0n) is 18.9. The molecule has 9 heteroatoms. The summed E-state index contributed by atoms with van der Waals surface area (Å²) in [5.41, 5.74) is 7.00. The summed E-state index contributed by atoms with van der Waals surface area (Å²) < 4.78 is 44.4. The van der Waals surface area contributed by atoms with Gasteiger partial charge in [-0.05, 0) is 42.0 Å². The van der Waals surface area contributed by atoms with E-state index in [1.165, 1.54) is 26.4 Å². The maximum absolute atomic E-state index is 13.9. The average Bonchev–Trinajstić information content (AvgIpc) is 2.88. The van der Waals surface area contributed by atoms with Gasteiger partial charge in [0.1, 0.15) is 10.7 Å². The van der Waals surface area contributed by atoms with Gasteiger partial charge in [-0.2, -0.15) is 0 Å². The molecule has 0 saturated carbocycles. The van der Waals surface area contributed by atoms with Crippen molar-refractivity contribution in [1.82, 2.24) is 4.98 Å². The van der Waals surface area contributed by atoms with Crippen LogP contribution >= 0.6 is 0 Å². The Kier molecular flexibility index (Phi) is 5.49. The smallest absolute Gasteiger partial charge is 0.256 e. The Morgan fingerprint density at radius 2 is 1.60 bits per heavy atom. The number of para-hydroxylation sites is 1. The van der Waals surface area contributed by atoms with Gasteiger partial charge in [0.2, 0.25) is 15.7 Å². The van der Waals surface area contributed by atoms with Crippen LogP contribution in [0.15, 0.2) is 93.3 Å². The van der Waals surface area contributed by atoms with Crippen LogP contribution in [0, 0.1) is 0 Å². The van der Waals surface area contributed by atoms with Crippen LogP contribution in [0.2, 0.25) is 0 Å². The van der Waals surface area contributed by atoms with Crippen LogP contribution in [0.1, 0.15) is 17.0 Å². The predicted octanol–water partition coefficient (Wildman–Crippen LogP) is 3.67. The third kappa shape index (κ3) is 3.60. The number of ether oxygens (including phenoxy) is 3. The number of rotatable bonds is 5. The maximum Gasteiger partial charge on any atom is 0.256 e. The van der Waals surface area contributed by atoms with Crippen LogP contribution in [0.4, 0.5) is 0 Å². The Labute approximate surface area is 201 Å². The largest absolute Gasteiger partial charge is 0.493 e. The number of nitrogens with one attached hydrogen (secondary N) is 1. The van der Waals surface area contributed by atoms with Gasteiger partial charge < -0.3 is 24.9 Å². The van der Waals surface area contributed by atoms with Crippen molar-refractivity contribution in [1.29, 1.82) is 0 Å². The number of hydrogen-bond acceptors (Lipinski definition) is 7. The number of fused-ring (bicyclic) bond motifs is 3. The molecule has 8 nitrogen and oxygen atoms in total. The first-order valence-corrected chi connectivity index (χ1v) is 12.2. The Balaban J connectivity index is 1.86. The van der Waals surface area contributed by atoms with Crippen molar-refractivity contribution in [2.75, 3.05) is 14.2 Å². The molecule has 35 heavy (non-hydrogen) atoms. The fourth-order valence-electron chi connectivity index (χ4n) is 4.40. The number of aromatic amines is 1. The number of pyridine rings is 1. The summed E-state index contributed by atoms with van der Waals surface area (Å²) in [5.74, 6) is -0.298. The molecule has 0 bridgehead atoms. The Morgan fingerprint density at radius 1 is 0.914 bits per heavy atom. The van der Waals surface area contributed by atoms with E-state index >= 15 is 0 Å². The molecule has 2 heterocycles. The normalized spacial score (nSPS) is 15.4. The SMILES string of the molecule is COc1ccc([C@H]2C(S(=O)(=O)c3ccccc3)=C(N)Oc3c2c(=O)[nH]c2ccccc32)cc1OC. The van der Waals surface area contributed by atoms with E-state index in [-0.39, 0.29) is 27.0 Å². The number of methoxy groups -OCH3 is 2. The minimum atomic E-state index is -4.15. The van der Waals surface area contributed by atoms with E-state index < -0.39 is 21.3 Å². The molecule has 1 aliphatic rings. The molecular weight excluding hydrogens is 468 g/mol. The van der Waals surface area contributed by atoms with Crippen molar-refractivity contribution >= 4 is 20.7 Å². The van der Waals surface area contributed by atoms with Gasteiger partial charge in [0, 0.05) is 5.39 Å². The van der Waals surface area contributed by atoms with E-state index in [1.54, 1.807) is 60.7 Å². The van der Waals surface area contributed by atoms with Crippen LogP contribution < -0.4 is 25.5 Å². The molecule has 0 spiro atoms.